The van der Waals surface area contributed by atoms with Crippen LogP contribution in [0.5, 0.6) is 0 Å². The van der Waals surface area contributed by atoms with Gasteiger partial charge in [-0.1, -0.05) is 37.7 Å². The summed E-state index contributed by atoms with van der Waals surface area (Å²) >= 11 is 5.01. The molecule has 0 N–H and O–H groups in total. The Morgan fingerprint density at radius 1 is 1.15 bits per heavy atom. The number of hydrogen-bond acceptors (Lipinski definition) is 4. The van der Waals surface area contributed by atoms with Gasteiger partial charge >= 0.3 is 0 Å². The highest BCUT2D eigenvalue weighted by Gasteiger charge is 2.13. The Kier molecular flexibility index (Phi) is 5.06. The maximum atomic E-state index is 12.4. The van der Waals surface area contributed by atoms with Gasteiger partial charge in [-0.2, -0.15) is 0 Å². The number of imidazole rings is 1. The van der Waals surface area contributed by atoms with E-state index in [1.54, 1.807) is 28.4 Å². The Balaban J connectivity index is 1.66. The van der Waals surface area contributed by atoms with Gasteiger partial charge in [-0.05, 0) is 46.1 Å². The van der Waals surface area contributed by atoms with Crippen LogP contribution in [0.1, 0.15) is 19.5 Å². The van der Waals surface area contributed by atoms with Crippen LogP contribution in [0.3, 0.4) is 0 Å². The van der Waals surface area contributed by atoms with E-state index in [0.717, 1.165) is 32.9 Å². The third-order valence-corrected chi connectivity index (χ3v) is 5.67. The van der Waals surface area contributed by atoms with Crippen molar-refractivity contribution >= 4 is 44.4 Å². The quantitative estimate of drug-likeness (QED) is 0.418. The largest absolute Gasteiger partial charge is 0.319 e. The molecule has 4 rings (SSSR count). The molecule has 1 aromatic carbocycles. The summed E-state index contributed by atoms with van der Waals surface area (Å²) in [5.41, 5.74) is 3.47. The van der Waals surface area contributed by atoms with Crippen molar-refractivity contribution in [3.05, 3.63) is 69.2 Å². The fraction of sp³-hybridized carbons (Fsp3) is 0.250. The topological polar surface area (TPSA) is 52.2 Å². The third kappa shape index (κ3) is 3.80. The van der Waals surface area contributed by atoms with E-state index in [1.807, 2.05) is 30.3 Å². The minimum atomic E-state index is -0.0763. The predicted octanol–water partition coefficient (Wildman–Crippen LogP) is 4.76. The summed E-state index contributed by atoms with van der Waals surface area (Å²) < 4.78 is 4.66. The van der Waals surface area contributed by atoms with Gasteiger partial charge in [-0.15, -0.1) is 0 Å². The number of benzene rings is 1. The molecule has 0 radical (unpaired) electrons. The maximum Gasteiger partial charge on any atom is 0.258 e. The monoisotopic (exact) mass is 442 g/mol. The maximum absolute atomic E-state index is 12.4. The van der Waals surface area contributed by atoms with Gasteiger partial charge in [-0.25, -0.2) is 9.97 Å². The molecule has 0 bridgehead atoms. The van der Waals surface area contributed by atoms with Crippen molar-refractivity contribution in [2.75, 3.05) is 0 Å². The lowest BCUT2D eigenvalue weighted by atomic mass is 10.2. The van der Waals surface area contributed by atoms with Gasteiger partial charge < -0.3 is 4.57 Å². The summed E-state index contributed by atoms with van der Waals surface area (Å²) in [6.45, 7) is 5.31. The molecule has 5 nitrogen and oxygen atoms in total. The average Bonchev–Trinajstić information content (AvgIpc) is 2.98. The summed E-state index contributed by atoms with van der Waals surface area (Å²) in [4.78, 5) is 21.8. The second-order valence-corrected chi connectivity index (χ2v) is 8.70. The highest BCUT2D eigenvalue weighted by molar-refractivity contribution is 9.10. The van der Waals surface area contributed by atoms with Crippen LogP contribution in [0.25, 0.3) is 16.7 Å². The van der Waals surface area contributed by atoms with Crippen molar-refractivity contribution in [2.45, 2.75) is 31.3 Å². The third-order valence-electron chi connectivity index (χ3n) is 4.19. The molecular formula is C20H19BrN4OS. The molecule has 138 valence electrons. The zero-order valence-corrected chi connectivity index (χ0v) is 17.5. The van der Waals surface area contributed by atoms with Crippen molar-refractivity contribution in [3.63, 3.8) is 0 Å². The molecule has 0 atom stereocenters. The summed E-state index contributed by atoms with van der Waals surface area (Å²) in [6, 6.07) is 13.5. The van der Waals surface area contributed by atoms with Crippen LogP contribution in [0.2, 0.25) is 0 Å². The predicted molar refractivity (Wildman–Crippen MR) is 113 cm³/mol. The number of thioether (sulfide) groups is 1. The Morgan fingerprint density at radius 3 is 2.78 bits per heavy atom. The minimum absolute atomic E-state index is 0.0763. The Bertz CT molecular complexity index is 1180. The van der Waals surface area contributed by atoms with E-state index in [2.05, 4.69) is 45.4 Å². The molecule has 27 heavy (non-hydrogen) atoms. The normalized spacial score (nSPS) is 11.7. The number of rotatable bonds is 5. The number of nitrogens with zero attached hydrogens (tertiary/aromatic N) is 4. The van der Waals surface area contributed by atoms with Gasteiger partial charge in [0, 0.05) is 29.0 Å². The van der Waals surface area contributed by atoms with Crippen LogP contribution < -0.4 is 5.56 Å². The second kappa shape index (κ2) is 7.48. The smallest absolute Gasteiger partial charge is 0.258 e. The molecule has 0 spiro atoms. The van der Waals surface area contributed by atoms with E-state index in [9.17, 15) is 4.79 Å². The van der Waals surface area contributed by atoms with Crippen LogP contribution in [-0.4, -0.2) is 18.9 Å². The minimum Gasteiger partial charge on any atom is -0.319 e. The van der Waals surface area contributed by atoms with Gasteiger partial charge in [0.1, 0.15) is 5.65 Å². The molecule has 0 amide bonds. The SMILES string of the molecule is CC(C)Cn1c(SCc2cc(=O)n3cc(Br)ccc3n2)nc2ccccc21. The fourth-order valence-corrected chi connectivity index (χ4v) is 4.30. The first kappa shape index (κ1) is 18.3. The first-order valence-corrected chi connectivity index (χ1v) is 10.5. The number of aromatic nitrogens is 4. The number of halogens is 1. The van der Waals surface area contributed by atoms with Crippen LogP contribution in [0, 0.1) is 5.92 Å². The molecular weight excluding hydrogens is 424 g/mol. The summed E-state index contributed by atoms with van der Waals surface area (Å²) in [5.74, 6) is 1.12. The van der Waals surface area contributed by atoms with Crippen molar-refractivity contribution in [3.8, 4) is 0 Å². The van der Waals surface area contributed by atoms with Crippen molar-refractivity contribution in [1.82, 2.24) is 18.9 Å². The van der Waals surface area contributed by atoms with Crippen molar-refractivity contribution < 1.29 is 0 Å². The average molecular weight is 443 g/mol. The van der Waals surface area contributed by atoms with E-state index in [4.69, 9.17) is 4.98 Å². The molecule has 0 saturated carbocycles. The molecule has 0 unspecified atom stereocenters. The van der Waals surface area contributed by atoms with Crippen LogP contribution in [0.4, 0.5) is 0 Å². The zero-order chi connectivity index (χ0) is 19.0. The van der Waals surface area contributed by atoms with Crippen molar-refractivity contribution in [1.29, 1.82) is 0 Å². The van der Waals surface area contributed by atoms with Crippen LogP contribution in [-0.2, 0) is 12.3 Å². The lowest BCUT2D eigenvalue weighted by Crippen LogP contribution is -2.15. The lowest BCUT2D eigenvalue weighted by Gasteiger charge is -2.11. The molecule has 0 fully saturated rings. The lowest BCUT2D eigenvalue weighted by molar-refractivity contribution is 0.505. The van der Waals surface area contributed by atoms with Crippen molar-refractivity contribution in [2.24, 2.45) is 5.92 Å². The molecule has 0 aliphatic rings. The standard InChI is InChI=1S/C20H19BrN4OS/c1-13(2)10-24-17-6-4-3-5-16(17)23-20(24)27-12-15-9-19(26)25-11-14(21)7-8-18(25)22-15/h3-9,11,13H,10,12H2,1-2H3. The number of para-hydroxylation sites is 2. The van der Waals surface area contributed by atoms with Gasteiger partial charge in [0.2, 0.25) is 0 Å². The number of pyridine rings is 1. The molecule has 0 saturated heterocycles. The first-order chi connectivity index (χ1) is 13.0. The van der Waals surface area contributed by atoms with Gasteiger partial charge in [0.25, 0.3) is 5.56 Å². The van der Waals surface area contributed by atoms with Gasteiger partial charge in [-0.3, -0.25) is 9.20 Å². The first-order valence-electron chi connectivity index (χ1n) is 8.77. The van der Waals surface area contributed by atoms with E-state index >= 15 is 0 Å². The molecule has 3 aromatic heterocycles. The fourth-order valence-electron chi connectivity index (χ4n) is 3.04. The summed E-state index contributed by atoms with van der Waals surface area (Å²) in [7, 11) is 0. The summed E-state index contributed by atoms with van der Waals surface area (Å²) in [6.07, 6.45) is 1.74. The Hall–Kier alpha value is -2.12. The van der Waals surface area contributed by atoms with Crippen LogP contribution >= 0.6 is 27.7 Å². The highest BCUT2D eigenvalue weighted by atomic mass is 79.9. The summed E-state index contributed by atoms with van der Waals surface area (Å²) in [5, 5.41) is 0.961. The highest BCUT2D eigenvalue weighted by Crippen LogP contribution is 2.27. The Morgan fingerprint density at radius 2 is 1.96 bits per heavy atom. The molecule has 0 aliphatic heterocycles. The van der Waals surface area contributed by atoms with E-state index in [0.29, 0.717) is 17.3 Å². The molecule has 4 aromatic rings. The molecule has 0 aliphatic carbocycles. The second-order valence-electron chi connectivity index (χ2n) is 6.84. The zero-order valence-electron chi connectivity index (χ0n) is 15.1. The van der Waals surface area contributed by atoms with E-state index in [1.165, 1.54) is 0 Å². The van der Waals surface area contributed by atoms with Gasteiger partial charge in [0.15, 0.2) is 5.16 Å². The van der Waals surface area contributed by atoms with Gasteiger partial charge in [0.05, 0.1) is 16.7 Å². The molecule has 3 heterocycles. The Labute approximate surface area is 169 Å². The number of hydrogen-bond donors (Lipinski definition) is 0. The number of fused-ring (bicyclic) bond motifs is 2. The molecule has 7 heteroatoms. The van der Waals surface area contributed by atoms with E-state index in [-0.39, 0.29) is 5.56 Å². The van der Waals surface area contributed by atoms with E-state index < -0.39 is 0 Å². The van der Waals surface area contributed by atoms with Crippen LogP contribution in [0.15, 0.2) is 63.1 Å².